The third kappa shape index (κ3) is 4.54. The molecule has 6 heteroatoms. The molecule has 1 aliphatic heterocycles. The fourth-order valence-corrected chi connectivity index (χ4v) is 7.40. The minimum atomic E-state index is -0.0850. The van der Waals surface area contributed by atoms with Gasteiger partial charge in [-0.3, -0.25) is 14.1 Å². The summed E-state index contributed by atoms with van der Waals surface area (Å²) in [4.78, 5) is 14.7. The maximum Gasteiger partial charge on any atom is 0.145 e. The number of rotatable bonds is 5. The normalized spacial score (nSPS) is 14.4. The molecule has 6 nitrogen and oxygen atoms in total. The number of benzene rings is 4. The minimum Gasteiger partial charge on any atom is -0.373 e. The standard InChI is InChI=1S/C44H30N6/c1-3-23-41-33(15-1)35-17-9-25-45-43(35)49(41)31-13-5-11-29(27-31)37-19-7-21-39(47-37)40-22-8-20-38(48-40)30-12-6-14-32(28-30)50-42-24-4-2-16-34(42)36-18-10-26-46-44(36)50/h1-28,39,47H. The number of para-hydroxylation sites is 2. The van der Waals surface area contributed by atoms with Crippen molar-refractivity contribution in [1.82, 2.24) is 29.4 Å². The highest BCUT2D eigenvalue weighted by atomic mass is 15.1. The Hall–Kier alpha value is -6.79. The summed E-state index contributed by atoms with van der Waals surface area (Å²) in [5, 5.41) is 8.44. The summed E-state index contributed by atoms with van der Waals surface area (Å²) < 4.78 is 4.49. The van der Waals surface area contributed by atoms with Crippen LogP contribution in [0.3, 0.4) is 0 Å². The van der Waals surface area contributed by atoms with Gasteiger partial charge in [0.2, 0.25) is 0 Å². The van der Waals surface area contributed by atoms with Crippen LogP contribution < -0.4 is 5.32 Å². The van der Waals surface area contributed by atoms with E-state index in [2.05, 4.69) is 160 Å². The van der Waals surface area contributed by atoms with E-state index in [1.807, 2.05) is 24.5 Å². The molecule has 9 aromatic rings. The topological polar surface area (TPSA) is 60.6 Å². The molecule has 1 aliphatic rings. The predicted octanol–water partition coefficient (Wildman–Crippen LogP) is 9.97. The molecule has 1 N–H and O–H groups in total. The monoisotopic (exact) mass is 642 g/mol. The van der Waals surface area contributed by atoms with Crippen molar-refractivity contribution >= 4 is 49.6 Å². The summed E-state index contributed by atoms with van der Waals surface area (Å²) in [7, 11) is 0. The van der Waals surface area contributed by atoms with Crippen LogP contribution in [-0.4, -0.2) is 24.1 Å². The van der Waals surface area contributed by atoms with Crippen LogP contribution in [0.15, 0.2) is 170 Å². The lowest BCUT2D eigenvalue weighted by molar-refractivity contribution is 0.737. The van der Waals surface area contributed by atoms with E-state index in [-0.39, 0.29) is 6.04 Å². The first-order valence-electron chi connectivity index (χ1n) is 16.8. The largest absolute Gasteiger partial charge is 0.373 e. The third-order valence-electron chi connectivity index (χ3n) is 9.65. The first-order valence-corrected chi connectivity index (χ1v) is 16.8. The van der Waals surface area contributed by atoms with Crippen LogP contribution in [0.25, 0.3) is 72.2 Å². The Kier molecular flexibility index (Phi) is 6.45. The third-order valence-corrected chi connectivity index (χ3v) is 9.65. The Bertz CT molecular complexity index is 2710. The van der Waals surface area contributed by atoms with Crippen LogP contribution in [0.1, 0.15) is 17.3 Å². The van der Waals surface area contributed by atoms with Crippen molar-refractivity contribution in [2.75, 3.05) is 0 Å². The van der Waals surface area contributed by atoms with Crippen molar-refractivity contribution in [2.24, 2.45) is 0 Å². The SMILES string of the molecule is C1=CC(c2cccc(-c3cccc(-n4c5ccccc5c5cccnc54)c3)n2)NC(c2cccc(-n3c4ccccc4c4cccnc43)c2)=C1. The smallest absolute Gasteiger partial charge is 0.145 e. The highest BCUT2D eigenvalue weighted by molar-refractivity contribution is 6.08. The lowest BCUT2D eigenvalue weighted by Gasteiger charge is -2.22. The molecule has 0 radical (unpaired) electrons. The zero-order chi connectivity index (χ0) is 33.0. The van der Waals surface area contributed by atoms with Crippen molar-refractivity contribution in [2.45, 2.75) is 6.04 Å². The van der Waals surface area contributed by atoms with E-state index in [1.165, 1.54) is 10.8 Å². The second kappa shape index (κ2) is 11.4. The van der Waals surface area contributed by atoms with Crippen LogP contribution in [0.4, 0.5) is 0 Å². The van der Waals surface area contributed by atoms with Gasteiger partial charge in [-0.05, 0) is 84.4 Å². The van der Waals surface area contributed by atoms with E-state index in [1.54, 1.807) is 0 Å². The lowest BCUT2D eigenvalue weighted by Crippen LogP contribution is -2.21. The van der Waals surface area contributed by atoms with Gasteiger partial charge >= 0.3 is 0 Å². The van der Waals surface area contributed by atoms with Gasteiger partial charge in [-0.25, -0.2) is 9.97 Å². The Labute approximate surface area is 288 Å². The number of pyridine rings is 3. The Morgan fingerprint density at radius 1 is 0.520 bits per heavy atom. The van der Waals surface area contributed by atoms with Crippen molar-refractivity contribution in [3.63, 3.8) is 0 Å². The first kappa shape index (κ1) is 28.2. The molecule has 6 heterocycles. The molecule has 5 aromatic heterocycles. The van der Waals surface area contributed by atoms with Gasteiger partial charge in [0, 0.05) is 56.6 Å². The molecule has 0 spiro atoms. The fourth-order valence-electron chi connectivity index (χ4n) is 7.40. The van der Waals surface area contributed by atoms with Crippen LogP contribution in [0, 0.1) is 0 Å². The van der Waals surface area contributed by atoms with Gasteiger partial charge in [-0.1, -0.05) is 78.9 Å². The highest BCUT2D eigenvalue weighted by Gasteiger charge is 2.19. The van der Waals surface area contributed by atoms with Crippen LogP contribution in [0.5, 0.6) is 0 Å². The van der Waals surface area contributed by atoms with Gasteiger partial charge in [-0.15, -0.1) is 0 Å². The Morgan fingerprint density at radius 3 is 1.78 bits per heavy atom. The summed E-state index contributed by atoms with van der Waals surface area (Å²) in [6.45, 7) is 0. The number of hydrogen-bond donors (Lipinski definition) is 1. The van der Waals surface area contributed by atoms with Crippen molar-refractivity contribution in [1.29, 1.82) is 0 Å². The number of nitrogens with zero attached hydrogens (tertiary/aromatic N) is 5. The number of allylic oxidation sites excluding steroid dienone is 2. The molecule has 0 aliphatic carbocycles. The summed E-state index contributed by atoms with van der Waals surface area (Å²) >= 11 is 0. The zero-order valence-electron chi connectivity index (χ0n) is 27.0. The number of nitrogens with one attached hydrogen (secondary N) is 1. The molecule has 0 fully saturated rings. The predicted molar refractivity (Wildman–Crippen MR) is 203 cm³/mol. The summed E-state index contributed by atoms with van der Waals surface area (Å²) in [5.41, 5.74) is 11.4. The molecule has 1 unspecified atom stereocenters. The second-order valence-corrected chi connectivity index (χ2v) is 12.6. The highest BCUT2D eigenvalue weighted by Crippen LogP contribution is 2.34. The molecule has 0 saturated carbocycles. The maximum atomic E-state index is 5.19. The van der Waals surface area contributed by atoms with Crippen molar-refractivity contribution < 1.29 is 0 Å². The van der Waals surface area contributed by atoms with Crippen molar-refractivity contribution in [3.05, 3.63) is 181 Å². The van der Waals surface area contributed by atoms with E-state index in [9.17, 15) is 0 Å². The van der Waals surface area contributed by atoms with E-state index < -0.39 is 0 Å². The molecule has 10 rings (SSSR count). The molecule has 1 atom stereocenters. The average molecular weight is 643 g/mol. The maximum absolute atomic E-state index is 5.19. The van der Waals surface area contributed by atoms with E-state index in [4.69, 9.17) is 15.0 Å². The Morgan fingerprint density at radius 2 is 1.10 bits per heavy atom. The van der Waals surface area contributed by atoms with E-state index in [0.29, 0.717) is 0 Å². The van der Waals surface area contributed by atoms with E-state index >= 15 is 0 Å². The summed E-state index contributed by atoms with van der Waals surface area (Å²) in [6, 6.07) is 48.7. The molecular weight excluding hydrogens is 613 g/mol. The fraction of sp³-hybridized carbons (Fsp3) is 0.0227. The molecule has 0 saturated heterocycles. The van der Waals surface area contributed by atoms with Gasteiger partial charge in [0.1, 0.15) is 11.3 Å². The van der Waals surface area contributed by atoms with Crippen LogP contribution in [0.2, 0.25) is 0 Å². The molecular formula is C44H30N6. The first-order chi connectivity index (χ1) is 24.8. The second-order valence-electron chi connectivity index (χ2n) is 12.6. The molecule has 236 valence electrons. The van der Waals surface area contributed by atoms with Gasteiger partial charge in [0.25, 0.3) is 0 Å². The number of aromatic nitrogens is 5. The average Bonchev–Trinajstić information content (AvgIpc) is 3.71. The Balaban J connectivity index is 0.976. The quantitative estimate of drug-likeness (QED) is 0.203. The molecule has 4 aromatic carbocycles. The minimum absolute atomic E-state index is 0.0850. The zero-order valence-corrected chi connectivity index (χ0v) is 27.0. The lowest BCUT2D eigenvalue weighted by atomic mass is 10.0. The molecule has 0 amide bonds. The van der Waals surface area contributed by atoms with Gasteiger partial charge in [-0.2, -0.15) is 0 Å². The number of fused-ring (bicyclic) bond motifs is 6. The van der Waals surface area contributed by atoms with Gasteiger partial charge in [0.15, 0.2) is 0 Å². The summed E-state index contributed by atoms with van der Waals surface area (Å²) in [5.74, 6) is 0. The van der Waals surface area contributed by atoms with Crippen LogP contribution in [-0.2, 0) is 0 Å². The van der Waals surface area contributed by atoms with Crippen LogP contribution >= 0.6 is 0 Å². The van der Waals surface area contributed by atoms with Gasteiger partial charge < -0.3 is 5.32 Å². The van der Waals surface area contributed by atoms with Crippen molar-refractivity contribution in [3.8, 4) is 22.6 Å². The van der Waals surface area contributed by atoms with E-state index in [0.717, 1.165) is 72.7 Å². The number of dihydropyridines is 1. The van der Waals surface area contributed by atoms with Gasteiger partial charge in [0.05, 0.1) is 28.5 Å². The number of hydrogen-bond acceptors (Lipinski definition) is 4. The molecule has 50 heavy (non-hydrogen) atoms. The summed E-state index contributed by atoms with van der Waals surface area (Å²) in [6.07, 6.45) is 10.1. The molecule has 0 bridgehead atoms.